The van der Waals surface area contributed by atoms with Crippen molar-refractivity contribution in [3.8, 4) is 22.6 Å². The van der Waals surface area contributed by atoms with Gasteiger partial charge >= 0.3 is 18.8 Å². The molecule has 1 heterocycles. The summed E-state index contributed by atoms with van der Waals surface area (Å²) in [5, 5.41) is 0. The summed E-state index contributed by atoms with van der Waals surface area (Å²) < 4.78 is 45.2. The van der Waals surface area contributed by atoms with Crippen LogP contribution >= 0.6 is 0 Å². The predicted molar refractivity (Wildman–Crippen MR) is 120 cm³/mol. The lowest BCUT2D eigenvalue weighted by atomic mass is 10.1. The molecule has 0 amide bonds. The van der Waals surface area contributed by atoms with Crippen LogP contribution in [0.1, 0.15) is 11.1 Å². The maximum atomic E-state index is 9.75. The van der Waals surface area contributed by atoms with Gasteiger partial charge in [-0.3, -0.25) is 0 Å². The molecule has 0 saturated carbocycles. The Balaban J connectivity index is 0.000000491. The monoisotopic (exact) mass is 422 g/mol. The molecule has 0 radical (unpaired) electrons. The summed E-state index contributed by atoms with van der Waals surface area (Å²) in [6.45, 7) is 0. The molecule has 0 aliphatic heterocycles. The lowest BCUT2D eigenvalue weighted by Gasteiger charge is -1.98. The molecule has 0 aliphatic rings. The maximum Gasteiger partial charge on any atom is 0.673 e. The van der Waals surface area contributed by atoms with Crippen LogP contribution in [0.2, 0.25) is 0 Å². The van der Waals surface area contributed by atoms with Crippen LogP contribution in [-0.4, -0.2) is 7.25 Å². The van der Waals surface area contributed by atoms with Gasteiger partial charge in [0.25, 0.3) is 0 Å². The molecule has 0 aliphatic carbocycles. The summed E-state index contributed by atoms with van der Waals surface area (Å²) in [7, 11) is -6.00. The van der Waals surface area contributed by atoms with E-state index in [4.69, 9.17) is 4.42 Å². The largest absolute Gasteiger partial charge is 0.673 e. The summed E-state index contributed by atoms with van der Waals surface area (Å²) in [6.07, 6.45) is 4.25. The molecule has 0 spiro atoms. The van der Waals surface area contributed by atoms with Crippen LogP contribution in [0.15, 0.2) is 108 Å². The smallest absolute Gasteiger partial charge is 0.418 e. The Labute approximate surface area is 178 Å². The van der Waals surface area contributed by atoms with E-state index in [1.54, 1.807) is 0 Å². The highest BCUT2D eigenvalue weighted by Crippen LogP contribution is 2.29. The Bertz CT molecular complexity index is 1050. The third kappa shape index (κ3) is 7.59. The normalized spacial score (nSPS) is 11.1. The predicted octanol–water partition coefficient (Wildman–Crippen LogP) is 8.37. The van der Waals surface area contributed by atoms with E-state index in [0.29, 0.717) is 0 Å². The minimum atomic E-state index is -6.00. The van der Waals surface area contributed by atoms with Gasteiger partial charge in [-0.25, -0.2) is 4.42 Å². The van der Waals surface area contributed by atoms with Gasteiger partial charge in [0.05, 0.1) is 23.3 Å². The second kappa shape index (κ2) is 10.4. The summed E-state index contributed by atoms with van der Waals surface area (Å²) in [5.41, 5.74) is 4.42. The number of halogens is 4. The van der Waals surface area contributed by atoms with E-state index in [2.05, 4.69) is 60.7 Å². The van der Waals surface area contributed by atoms with Gasteiger partial charge in [0.2, 0.25) is 0 Å². The lowest BCUT2D eigenvalue weighted by Crippen LogP contribution is -2.02. The third-order valence-electron chi connectivity index (χ3n) is 4.20. The Morgan fingerprint density at radius 1 is 0.516 bits per heavy atom. The highest BCUT2D eigenvalue weighted by atomic mass is 19.5. The molecule has 0 unspecified atom stereocenters. The summed E-state index contributed by atoms with van der Waals surface area (Å²) in [5.74, 6) is 1.72. The molecular formula is C25H19BF4O. The molecule has 31 heavy (non-hydrogen) atoms. The summed E-state index contributed by atoms with van der Waals surface area (Å²) in [4.78, 5) is 0. The Morgan fingerprint density at radius 2 is 0.871 bits per heavy atom. The van der Waals surface area contributed by atoms with E-state index in [9.17, 15) is 17.3 Å². The van der Waals surface area contributed by atoms with Crippen molar-refractivity contribution >= 4 is 19.4 Å². The molecule has 6 heteroatoms. The standard InChI is InChI=1S/C25H19O.BF4/c1-4-10-20(11-5-1)16-17-21-18-24(22-12-6-2-7-13-22)26-25(19-21)23-14-8-3-9-15-23;2-1(3,4)5/h1-19H;/q+1;-1/b17-16+;. The Morgan fingerprint density at radius 3 is 1.29 bits per heavy atom. The van der Waals surface area contributed by atoms with Gasteiger partial charge in [0.15, 0.2) is 0 Å². The van der Waals surface area contributed by atoms with Gasteiger partial charge in [-0.2, -0.15) is 0 Å². The average molecular weight is 422 g/mol. The lowest BCUT2D eigenvalue weighted by molar-refractivity contribution is 0.368. The van der Waals surface area contributed by atoms with Crippen LogP contribution < -0.4 is 0 Å². The van der Waals surface area contributed by atoms with Gasteiger partial charge in [-0.15, -0.1) is 0 Å². The topological polar surface area (TPSA) is 11.3 Å². The van der Waals surface area contributed by atoms with Crippen LogP contribution in [0.4, 0.5) is 17.3 Å². The van der Waals surface area contributed by atoms with Crippen LogP contribution in [0.25, 0.3) is 34.8 Å². The fourth-order valence-electron chi connectivity index (χ4n) is 2.86. The fourth-order valence-corrected chi connectivity index (χ4v) is 2.86. The van der Waals surface area contributed by atoms with Crippen molar-refractivity contribution in [2.45, 2.75) is 0 Å². The zero-order valence-corrected chi connectivity index (χ0v) is 16.5. The number of hydrogen-bond acceptors (Lipinski definition) is 0. The molecule has 1 nitrogen and oxygen atoms in total. The second-order valence-electron chi connectivity index (χ2n) is 6.59. The van der Waals surface area contributed by atoms with Crippen LogP contribution in [-0.2, 0) is 0 Å². The van der Waals surface area contributed by atoms with Crippen LogP contribution in [0.5, 0.6) is 0 Å². The first-order valence-electron chi connectivity index (χ1n) is 9.58. The zero-order chi connectivity index (χ0) is 22.1. The fraction of sp³-hybridized carbons (Fsp3) is 0. The van der Waals surface area contributed by atoms with Crippen LogP contribution in [0, 0.1) is 0 Å². The van der Waals surface area contributed by atoms with Gasteiger partial charge < -0.3 is 17.3 Å². The first kappa shape index (κ1) is 22.0. The molecule has 0 N–H and O–H groups in total. The van der Waals surface area contributed by atoms with Crippen molar-refractivity contribution in [3.05, 3.63) is 114 Å². The molecule has 156 valence electrons. The first-order chi connectivity index (χ1) is 14.9. The van der Waals surface area contributed by atoms with E-state index in [-0.39, 0.29) is 0 Å². The van der Waals surface area contributed by atoms with Gasteiger partial charge in [0, 0.05) is 0 Å². The van der Waals surface area contributed by atoms with E-state index >= 15 is 0 Å². The SMILES string of the molecule is C(=C\c1cc(-c2ccccc2)[o+]c(-c2ccccc2)c1)/c1ccccc1.F[B-](F)(F)F. The second-order valence-corrected chi connectivity index (χ2v) is 6.59. The molecule has 1 aromatic heterocycles. The molecule has 0 fully saturated rings. The maximum absolute atomic E-state index is 9.75. The quantitative estimate of drug-likeness (QED) is 0.183. The number of benzene rings is 3. The van der Waals surface area contributed by atoms with Gasteiger partial charge in [-0.1, -0.05) is 78.9 Å². The van der Waals surface area contributed by atoms with Crippen molar-refractivity contribution in [3.63, 3.8) is 0 Å². The minimum absolute atomic E-state index is 0.861. The van der Waals surface area contributed by atoms with Gasteiger partial charge in [0.1, 0.15) is 0 Å². The van der Waals surface area contributed by atoms with Crippen molar-refractivity contribution in [1.29, 1.82) is 0 Å². The Kier molecular flexibility index (Phi) is 7.38. The third-order valence-corrected chi connectivity index (χ3v) is 4.20. The van der Waals surface area contributed by atoms with Crippen molar-refractivity contribution < 1.29 is 21.7 Å². The highest BCUT2D eigenvalue weighted by molar-refractivity contribution is 6.50. The molecule has 4 aromatic rings. The first-order valence-corrected chi connectivity index (χ1v) is 9.58. The van der Waals surface area contributed by atoms with E-state index < -0.39 is 7.25 Å². The molecular weight excluding hydrogens is 403 g/mol. The van der Waals surface area contributed by atoms with Gasteiger partial charge in [-0.05, 0) is 35.4 Å². The molecule has 0 bridgehead atoms. The average Bonchev–Trinajstić information content (AvgIpc) is 2.78. The molecule has 3 aromatic carbocycles. The van der Waals surface area contributed by atoms with Crippen LogP contribution in [0.3, 0.4) is 0 Å². The summed E-state index contributed by atoms with van der Waals surface area (Å²) >= 11 is 0. The number of rotatable bonds is 4. The molecule has 0 saturated heterocycles. The van der Waals surface area contributed by atoms with E-state index in [0.717, 1.165) is 28.2 Å². The minimum Gasteiger partial charge on any atom is -0.418 e. The van der Waals surface area contributed by atoms with E-state index in [1.807, 2.05) is 54.6 Å². The zero-order valence-electron chi connectivity index (χ0n) is 16.5. The highest BCUT2D eigenvalue weighted by Gasteiger charge is 2.20. The van der Waals surface area contributed by atoms with Crippen molar-refractivity contribution in [2.75, 3.05) is 0 Å². The summed E-state index contributed by atoms with van der Waals surface area (Å²) in [6, 6.07) is 34.9. The van der Waals surface area contributed by atoms with Crippen molar-refractivity contribution in [2.24, 2.45) is 0 Å². The van der Waals surface area contributed by atoms with Crippen molar-refractivity contribution in [1.82, 2.24) is 0 Å². The Hall–Kier alpha value is -3.67. The number of hydrogen-bond donors (Lipinski definition) is 0. The molecule has 0 atom stereocenters. The molecule has 4 rings (SSSR count). The van der Waals surface area contributed by atoms with E-state index in [1.165, 1.54) is 5.56 Å².